The van der Waals surface area contributed by atoms with E-state index in [0.717, 1.165) is 17.1 Å². The second kappa shape index (κ2) is 11.7. The lowest BCUT2D eigenvalue weighted by Gasteiger charge is -2.33. The van der Waals surface area contributed by atoms with Crippen LogP contribution in [-0.2, 0) is 0 Å². The number of hydrogen-bond acceptors (Lipinski definition) is 2. The lowest BCUT2D eigenvalue weighted by Crippen LogP contribution is -2.39. The molecular formula is C46H34N4. The fourth-order valence-electron chi connectivity index (χ4n) is 7.88. The first-order valence-corrected chi connectivity index (χ1v) is 17.3. The summed E-state index contributed by atoms with van der Waals surface area (Å²) in [6, 6.07) is 63.4. The molecule has 10 rings (SSSR count). The predicted octanol–water partition coefficient (Wildman–Crippen LogP) is 10.9. The Morgan fingerprint density at radius 1 is 0.400 bits per heavy atom. The van der Waals surface area contributed by atoms with Gasteiger partial charge < -0.3 is 14.5 Å². The van der Waals surface area contributed by atoms with Gasteiger partial charge in [-0.25, -0.2) is 0 Å². The van der Waals surface area contributed by atoms with Gasteiger partial charge in [0.05, 0.1) is 28.1 Å². The molecule has 50 heavy (non-hydrogen) atoms. The number of nitrogens with zero attached hydrogens (tertiary/aromatic N) is 2. The van der Waals surface area contributed by atoms with E-state index in [9.17, 15) is 0 Å². The molecular weight excluding hydrogens is 609 g/mol. The molecule has 238 valence electrons. The van der Waals surface area contributed by atoms with E-state index in [1.807, 2.05) is 0 Å². The lowest BCUT2D eigenvalue weighted by atomic mass is 9.98. The summed E-state index contributed by atoms with van der Waals surface area (Å²) >= 11 is 0. The summed E-state index contributed by atoms with van der Waals surface area (Å²) in [5, 5.41) is 12.8. The fourth-order valence-corrected chi connectivity index (χ4v) is 7.88. The highest BCUT2D eigenvalue weighted by Gasteiger charge is 2.25. The quantitative estimate of drug-likeness (QED) is 0.196. The molecule has 0 spiro atoms. The summed E-state index contributed by atoms with van der Waals surface area (Å²) in [6.45, 7) is 0. The van der Waals surface area contributed by atoms with Crippen molar-refractivity contribution in [2.45, 2.75) is 12.2 Å². The molecule has 4 nitrogen and oxygen atoms in total. The van der Waals surface area contributed by atoms with Gasteiger partial charge in [0, 0.05) is 38.6 Å². The average Bonchev–Trinajstić information content (AvgIpc) is 3.70. The van der Waals surface area contributed by atoms with Gasteiger partial charge in [-0.3, -0.25) is 5.32 Å². The van der Waals surface area contributed by atoms with Crippen LogP contribution in [0.15, 0.2) is 182 Å². The molecule has 1 aliphatic heterocycles. The van der Waals surface area contributed by atoms with Gasteiger partial charge in [-0.15, -0.1) is 0 Å². The van der Waals surface area contributed by atoms with Gasteiger partial charge in [-0.1, -0.05) is 127 Å². The zero-order chi connectivity index (χ0) is 33.0. The van der Waals surface area contributed by atoms with Gasteiger partial charge in [0.25, 0.3) is 0 Å². The lowest BCUT2D eigenvalue weighted by molar-refractivity contribution is 0.442. The molecule has 2 aromatic heterocycles. The number of para-hydroxylation sites is 3. The van der Waals surface area contributed by atoms with E-state index in [4.69, 9.17) is 0 Å². The van der Waals surface area contributed by atoms with Gasteiger partial charge in [0.1, 0.15) is 6.17 Å². The highest BCUT2D eigenvalue weighted by molar-refractivity contribution is 6.19. The third kappa shape index (κ3) is 4.65. The van der Waals surface area contributed by atoms with Crippen LogP contribution in [0.25, 0.3) is 60.7 Å². The topological polar surface area (TPSA) is 33.9 Å². The first kappa shape index (κ1) is 28.6. The van der Waals surface area contributed by atoms with Crippen LogP contribution in [0.3, 0.4) is 0 Å². The molecule has 2 atom stereocenters. The molecule has 9 aromatic rings. The van der Waals surface area contributed by atoms with Crippen molar-refractivity contribution >= 4 is 49.3 Å². The number of nitrogens with one attached hydrogen (secondary N) is 2. The Balaban J connectivity index is 1.16. The Labute approximate surface area is 290 Å². The molecule has 7 aromatic carbocycles. The predicted molar refractivity (Wildman–Crippen MR) is 208 cm³/mol. The van der Waals surface area contributed by atoms with Gasteiger partial charge in [0.15, 0.2) is 0 Å². The maximum absolute atomic E-state index is 3.90. The summed E-state index contributed by atoms with van der Waals surface area (Å²) in [4.78, 5) is 0. The van der Waals surface area contributed by atoms with Crippen molar-refractivity contribution in [3.63, 3.8) is 0 Å². The van der Waals surface area contributed by atoms with Crippen LogP contribution in [0, 0.1) is 0 Å². The zero-order valence-corrected chi connectivity index (χ0v) is 27.4. The van der Waals surface area contributed by atoms with Crippen LogP contribution < -0.4 is 10.6 Å². The van der Waals surface area contributed by atoms with E-state index in [-0.39, 0.29) is 12.2 Å². The van der Waals surface area contributed by atoms with Crippen LogP contribution in [-0.4, -0.2) is 9.13 Å². The Kier molecular flexibility index (Phi) is 6.68. The molecule has 0 aliphatic carbocycles. The summed E-state index contributed by atoms with van der Waals surface area (Å²) in [5.74, 6) is 0. The normalized spacial score (nSPS) is 16.2. The number of rotatable bonds is 5. The van der Waals surface area contributed by atoms with Crippen molar-refractivity contribution < 1.29 is 0 Å². The third-order valence-electron chi connectivity index (χ3n) is 10.2. The van der Waals surface area contributed by atoms with Crippen molar-refractivity contribution in [1.29, 1.82) is 0 Å². The van der Waals surface area contributed by atoms with E-state index in [2.05, 4.69) is 202 Å². The molecule has 0 radical (unpaired) electrons. The van der Waals surface area contributed by atoms with E-state index in [0.29, 0.717) is 0 Å². The number of aromatic nitrogens is 2. The standard InChI is InChI=1S/C46H34N4/c1-4-15-31(16-5-1)40-29-41(32-17-6-2-7-18-32)48-46(47-40)33-19-14-22-35(27-33)50-43-26-13-11-24-37(43)39-28-38-36-23-10-12-25-42(36)49(44(38)30-45(39)50)34-20-8-3-9-21-34/h1-30,40,46-48H. The van der Waals surface area contributed by atoms with Crippen LogP contribution in [0.1, 0.15) is 28.9 Å². The van der Waals surface area contributed by atoms with Crippen molar-refractivity contribution in [2.24, 2.45) is 0 Å². The summed E-state index contributed by atoms with van der Waals surface area (Å²) in [5.41, 5.74) is 11.8. The molecule has 2 N–H and O–H groups in total. The largest absolute Gasteiger partial charge is 0.366 e. The number of fused-ring (bicyclic) bond motifs is 6. The average molecular weight is 643 g/mol. The molecule has 0 amide bonds. The first-order valence-electron chi connectivity index (χ1n) is 17.3. The zero-order valence-electron chi connectivity index (χ0n) is 27.4. The minimum Gasteiger partial charge on any atom is -0.366 e. The molecule has 0 saturated heterocycles. The van der Waals surface area contributed by atoms with Gasteiger partial charge in [-0.2, -0.15) is 0 Å². The van der Waals surface area contributed by atoms with Gasteiger partial charge in [0.2, 0.25) is 0 Å². The number of hydrogen-bond donors (Lipinski definition) is 2. The summed E-state index contributed by atoms with van der Waals surface area (Å²) in [7, 11) is 0. The van der Waals surface area contributed by atoms with Crippen LogP contribution >= 0.6 is 0 Å². The van der Waals surface area contributed by atoms with E-state index < -0.39 is 0 Å². The highest BCUT2D eigenvalue weighted by Crippen LogP contribution is 2.40. The molecule has 3 heterocycles. The van der Waals surface area contributed by atoms with Gasteiger partial charge in [-0.05, 0) is 71.3 Å². The summed E-state index contributed by atoms with van der Waals surface area (Å²) in [6.07, 6.45) is 2.20. The Morgan fingerprint density at radius 2 is 0.940 bits per heavy atom. The fraction of sp³-hybridized carbons (Fsp3) is 0.0435. The second-order valence-electron chi connectivity index (χ2n) is 13.1. The van der Waals surface area contributed by atoms with Crippen molar-refractivity contribution in [2.75, 3.05) is 0 Å². The van der Waals surface area contributed by atoms with Crippen molar-refractivity contribution in [1.82, 2.24) is 19.8 Å². The SMILES string of the molecule is C1=C(c2ccccc2)NC(c2cccc(-n3c4ccccc4c4cc5c6ccccc6n(-c6ccccc6)c5cc43)c2)NC1c1ccccc1. The maximum atomic E-state index is 3.90. The number of benzene rings is 7. The smallest absolute Gasteiger partial charge is 0.104 e. The maximum Gasteiger partial charge on any atom is 0.104 e. The van der Waals surface area contributed by atoms with Crippen molar-refractivity contribution in [3.05, 3.63) is 199 Å². The van der Waals surface area contributed by atoms with E-state index in [1.54, 1.807) is 0 Å². The molecule has 0 bridgehead atoms. The minimum absolute atomic E-state index is 0.0581. The Bertz CT molecular complexity index is 2700. The minimum atomic E-state index is -0.0965. The molecule has 0 fully saturated rings. The van der Waals surface area contributed by atoms with Crippen molar-refractivity contribution in [3.8, 4) is 11.4 Å². The van der Waals surface area contributed by atoms with Crippen LogP contribution in [0.5, 0.6) is 0 Å². The molecule has 0 saturated carbocycles. The second-order valence-corrected chi connectivity index (χ2v) is 13.1. The molecule has 1 aliphatic rings. The van der Waals surface area contributed by atoms with E-state index in [1.165, 1.54) is 60.3 Å². The van der Waals surface area contributed by atoms with E-state index >= 15 is 0 Å². The third-order valence-corrected chi connectivity index (χ3v) is 10.2. The van der Waals surface area contributed by atoms with Crippen LogP contribution in [0.4, 0.5) is 0 Å². The highest BCUT2D eigenvalue weighted by atomic mass is 15.2. The van der Waals surface area contributed by atoms with Gasteiger partial charge >= 0.3 is 0 Å². The monoisotopic (exact) mass is 642 g/mol. The summed E-state index contributed by atoms with van der Waals surface area (Å²) < 4.78 is 4.84. The Hall–Kier alpha value is -6.36. The van der Waals surface area contributed by atoms with Crippen LogP contribution in [0.2, 0.25) is 0 Å². The first-order chi connectivity index (χ1) is 24.8. The Morgan fingerprint density at radius 3 is 1.62 bits per heavy atom. The molecule has 2 unspecified atom stereocenters. The molecule has 4 heteroatoms.